The van der Waals surface area contributed by atoms with Crippen LogP contribution in [0.3, 0.4) is 0 Å². The molecule has 1 saturated heterocycles. The summed E-state index contributed by atoms with van der Waals surface area (Å²) in [5.41, 5.74) is 0.851. The molecule has 6 nitrogen and oxygen atoms in total. The lowest BCUT2D eigenvalue weighted by Crippen LogP contribution is -2.32. The summed E-state index contributed by atoms with van der Waals surface area (Å²) >= 11 is 0. The van der Waals surface area contributed by atoms with E-state index in [9.17, 15) is 9.59 Å². The Balaban J connectivity index is 1.67. The van der Waals surface area contributed by atoms with E-state index in [2.05, 4.69) is 10.6 Å². The minimum Gasteiger partial charge on any atom is -0.459 e. The molecule has 0 bridgehead atoms. The van der Waals surface area contributed by atoms with Gasteiger partial charge in [0.05, 0.1) is 23.6 Å². The zero-order valence-electron chi connectivity index (χ0n) is 12.6. The van der Waals surface area contributed by atoms with Crippen LogP contribution in [0.25, 0.3) is 0 Å². The summed E-state index contributed by atoms with van der Waals surface area (Å²) in [4.78, 5) is 24.4. The Morgan fingerprint density at radius 1 is 1.13 bits per heavy atom. The molecule has 1 aromatic heterocycles. The van der Waals surface area contributed by atoms with Crippen molar-refractivity contribution in [2.24, 2.45) is 0 Å². The number of nitrogens with one attached hydrogen (secondary N) is 2. The van der Waals surface area contributed by atoms with Crippen molar-refractivity contribution >= 4 is 17.5 Å². The number of para-hydroxylation sites is 1. The summed E-state index contributed by atoms with van der Waals surface area (Å²) in [5.74, 6) is -0.440. The summed E-state index contributed by atoms with van der Waals surface area (Å²) in [6, 6.07) is 10.1. The predicted molar refractivity (Wildman–Crippen MR) is 84.4 cm³/mol. The maximum atomic E-state index is 12.3. The molecule has 2 N–H and O–H groups in total. The van der Waals surface area contributed by atoms with Crippen molar-refractivity contribution in [2.75, 3.05) is 18.5 Å². The van der Waals surface area contributed by atoms with Crippen LogP contribution in [-0.4, -0.2) is 31.1 Å². The quantitative estimate of drug-likeness (QED) is 0.888. The van der Waals surface area contributed by atoms with E-state index in [0.717, 1.165) is 19.4 Å². The first-order valence-corrected chi connectivity index (χ1v) is 7.58. The highest BCUT2D eigenvalue weighted by atomic mass is 16.5. The van der Waals surface area contributed by atoms with E-state index in [0.29, 0.717) is 17.8 Å². The summed E-state index contributed by atoms with van der Waals surface area (Å²) in [7, 11) is 0. The molecule has 23 heavy (non-hydrogen) atoms. The van der Waals surface area contributed by atoms with E-state index in [1.807, 2.05) is 0 Å². The van der Waals surface area contributed by atoms with Crippen molar-refractivity contribution < 1.29 is 18.7 Å². The third-order valence-corrected chi connectivity index (χ3v) is 3.68. The number of carbonyl (C=O) groups is 2. The van der Waals surface area contributed by atoms with E-state index < -0.39 is 5.91 Å². The van der Waals surface area contributed by atoms with Crippen molar-refractivity contribution in [2.45, 2.75) is 18.9 Å². The third-order valence-electron chi connectivity index (χ3n) is 3.68. The topological polar surface area (TPSA) is 80.6 Å². The molecule has 0 unspecified atom stereocenters. The van der Waals surface area contributed by atoms with Crippen molar-refractivity contribution in [3.05, 3.63) is 54.0 Å². The monoisotopic (exact) mass is 314 g/mol. The second-order valence-electron chi connectivity index (χ2n) is 5.32. The molecule has 1 atom stereocenters. The zero-order chi connectivity index (χ0) is 16.1. The van der Waals surface area contributed by atoms with Gasteiger partial charge in [-0.05, 0) is 37.1 Å². The fourth-order valence-corrected chi connectivity index (χ4v) is 2.49. The van der Waals surface area contributed by atoms with Gasteiger partial charge in [-0.15, -0.1) is 0 Å². The number of hydrogen-bond acceptors (Lipinski definition) is 4. The third kappa shape index (κ3) is 3.78. The van der Waals surface area contributed by atoms with Crippen molar-refractivity contribution in [3.8, 4) is 0 Å². The van der Waals surface area contributed by atoms with Crippen LogP contribution in [0.2, 0.25) is 0 Å². The van der Waals surface area contributed by atoms with Gasteiger partial charge in [-0.1, -0.05) is 12.1 Å². The predicted octanol–water partition coefficient (Wildman–Crippen LogP) is 2.44. The maximum Gasteiger partial charge on any atom is 0.291 e. The lowest BCUT2D eigenvalue weighted by Gasteiger charge is -2.13. The molecule has 1 aliphatic heterocycles. The first kappa shape index (κ1) is 15.3. The van der Waals surface area contributed by atoms with Gasteiger partial charge in [0, 0.05) is 13.2 Å². The molecule has 0 aliphatic carbocycles. The fraction of sp³-hybridized carbons (Fsp3) is 0.294. The van der Waals surface area contributed by atoms with Gasteiger partial charge < -0.3 is 19.8 Å². The molecular weight excluding hydrogens is 296 g/mol. The number of rotatable bonds is 5. The molecule has 2 amide bonds. The highest BCUT2D eigenvalue weighted by molar-refractivity contribution is 6.07. The van der Waals surface area contributed by atoms with E-state index in [1.165, 1.54) is 6.26 Å². The van der Waals surface area contributed by atoms with Gasteiger partial charge in [-0.25, -0.2) is 0 Å². The second kappa shape index (κ2) is 7.11. The van der Waals surface area contributed by atoms with Crippen LogP contribution in [0.15, 0.2) is 47.1 Å². The highest BCUT2D eigenvalue weighted by Gasteiger charge is 2.19. The molecule has 1 aliphatic rings. The number of amides is 2. The lowest BCUT2D eigenvalue weighted by molar-refractivity contribution is 0.0858. The van der Waals surface area contributed by atoms with Crippen LogP contribution in [0.5, 0.6) is 0 Å². The first-order valence-electron chi connectivity index (χ1n) is 7.58. The smallest absolute Gasteiger partial charge is 0.291 e. The molecule has 0 radical (unpaired) electrons. The Morgan fingerprint density at radius 2 is 2.00 bits per heavy atom. The average molecular weight is 314 g/mol. The SMILES string of the molecule is O=C(Nc1ccccc1C(=O)NC[C@H]1CCCO1)c1ccco1. The minimum absolute atomic E-state index is 0.0730. The molecule has 2 aromatic rings. The lowest BCUT2D eigenvalue weighted by atomic mass is 10.1. The Kier molecular flexibility index (Phi) is 4.73. The van der Waals surface area contributed by atoms with E-state index in [4.69, 9.17) is 9.15 Å². The minimum atomic E-state index is -0.394. The molecule has 6 heteroatoms. The summed E-state index contributed by atoms with van der Waals surface area (Å²) in [5, 5.41) is 5.55. The zero-order valence-corrected chi connectivity index (χ0v) is 12.6. The molecule has 3 rings (SSSR count). The van der Waals surface area contributed by atoms with Gasteiger partial charge in [-0.3, -0.25) is 9.59 Å². The maximum absolute atomic E-state index is 12.3. The van der Waals surface area contributed by atoms with Gasteiger partial charge in [0.25, 0.3) is 11.8 Å². The molecule has 0 spiro atoms. The Hall–Kier alpha value is -2.60. The van der Waals surface area contributed by atoms with Gasteiger partial charge in [-0.2, -0.15) is 0 Å². The van der Waals surface area contributed by atoms with Crippen LogP contribution < -0.4 is 10.6 Å². The standard InChI is InChI=1S/C17H18N2O4/c20-16(18-11-12-5-3-9-22-12)13-6-1-2-7-14(13)19-17(21)15-8-4-10-23-15/h1-2,4,6-8,10,12H,3,5,9,11H2,(H,18,20)(H,19,21)/t12-/m1/s1. The largest absolute Gasteiger partial charge is 0.459 e. The summed E-state index contributed by atoms with van der Waals surface area (Å²) in [6.45, 7) is 1.22. The van der Waals surface area contributed by atoms with Crippen LogP contribution in [0.4, 0.5) is 5.69 Å². The number of carbonyl (C=O) groups excluding carboxylic acids is 2. The van der Waals surface area contributed by atoms with Gasteiger partial charge in [0.1, 0.15) is 0 Å². The van der Waals surface area contributed by atoms with Gasteiger partial charge >= 0.3 is 0 Å². The molecule has 1 fully saturated rings. The number of ether oxygens (including phenoxy) is 1. The van der Waals surface area contributed by atoms with Crippen LogP contribution in [0, 0.1) is 0 Å². The summed E-state index contributed by atoms with van der Waals surface area (Å²) < 4.78 is 10.5. The van der Waals surface area contributed by atoms with E-state index in [1.54, 1.807) is 36.4 Å². The van der Waals surface area contributed by atoms with Crippen molar-refractivity contribution in [1.29, 1.82) is 0 Å². The molecule has 120 valence electrons. The van der Waals surface area contributed by atoms with Crippen molar-refractivity contribution in [3.63, 3.8) is 0 Å². The number of anilines is 1. The Morgan fingerprint density at radius 3 is 2.74 bits per heavy atom. The number of furan rings is 1. The molecular formula is C17H18N2O4. The van der Waals surface area contributed by atoms with Crippen LogP contribution >= 0.6 is 0 Å². The van der Waals surface area contributed by atoms with Crippen molar-refractivity contribution in [1.82, 2.24) is 5.32 Å². The normalized spacial score (nSPS) is 17.0. The average Bonchev–Trinajstić information content (AvgIpc) is 3.26. The highest BCUT2D eigenvalue weighted by Crippen LogP contribution is 2.17. The molecule has 2 heterocycles. The van der Waals surface area contributed by atoms with E-state index >= 15 is 0 Å². The van der Waals surface area contributed by atoms with E-state index in [-0.39, 0.29) is 17.8 Å². The Labute approximate surface area is 133 Å². The second-order valence-corrected chi connectivity index (χ2v) is 5.32. The number of benzene rings is 1. The fourth-order valence-electron chi connectivity index (χ4n) is 2.49. The van der Waals surface area contributed by atoms with Gasteiger partial charge in [0.15, 0.2) is 5.76 Å². The van der Waals surface area contributed by atoms with Gasteiger partial charge in [0.2, 0.25) is 0 Å². The Bertz CT molecular complexity index is 676. The van der Waals surface area contributed by atoms with Crippen LogP contribution in [-0.2, 0) is 4.74 Å². The molecule has 1 aromatic carbocycles. The molecule has 0 saturated carbocycles. The van der Waals surface area contributed by atoms with Crippen LogP contribution in [0.1, 0.15) is 33.8 Å². The number of hydrogen-bond donors (Lipinski definition) is 2. The summed E-state index contributed by atoms with van der Waals surface area (Å²) in [6.07, 6.45) is 3.48. The first-order chi connectivity index (χ1) is 11.2.